The third-order valence-electron chi connectivity index (χ3n) is 8.98. The number of pyridine rings is 1. The molecule has 253 valence electrons. The summed E-state index contributed by atoms with van der Waals surface area (Å²) < 4.78 is 2.66. The molecule has 1 radical (unpaired) electrons. The van der Waals surface area contributed by atoms with E-state index >= 15 is 0 Å². The van der Waals surface area contributed by atoms with E-state index < -0.39 is 0 Å². The van der Waals surface area contributed by atoms with E-state index in [-0.39, 0.29) is 48.9 Å². The van der Waals surface area contributed by atoms with Crippen LogP contribution in [0, 0.1) is 23.3 Å². The summed E-state index contributed by atoms with van der Waals surface area (Å²) in [6.07, 6.45) is 7.93. The number of carbonyl (C=O) groups is 1. The fraction of sp³-hybridized carbons (Fsp3) is 0.429. The van der Waals surface area contributed by atoms with Crippen LogP contribution in [-0.4, -0.2) is 15.9 Å². The molecule has 0 amide bonds. The second-order valence-electron chi connectivity index (χ2n) is 14.0. The molecule has 5 heteroatoms. The van der Waals surface area contributed by atoms with E-state index in [1.807, 2.05) is 45.2 Å². The van der Waals surface area contributed by atoms with Crippen LogP contribution in [0.1, 0.15) is 105 Å². The number of aliphatic hydroxyl groups is 1. The molecular formula is C42H52IrNO2S-. The molecule has 0 aliphatic carbocycles. The van der Waals surface area contributed by atoms with Gasteiger partial charge >= 0.3 is 0 Å². The van der Waals surface area contributed by atoms with Crippen molar-refractivity contribution in [2.45, 2.75) is 100 Å². The van der Waals surface area contributed by atoms with Crippen LogP contribution in [0.4, 0.5) is 0 Å². The first-order valence-electron chi connectivity index (χ1n) is 17.1. The molecule has 0 fully saturated rings. The molecule has 5 aromatic rings. The van der Waals surface area contributed by atoms with Gasteiger partial charge in [-0.15, -0.1) is 40.5 Å². The third kappa shape index (κ3) is 9.19. The van der Waals surface area contributed by atoms with Crippen LogP contribution >= 0.6 is 11.3 Å². The molecule has 0 aliphatic heterocycles. The van der Waals surface area contributed by atoms with Gasteiger partial charge < -0.3 is 5.11 Å². The maximum absolute atomic E-state index is 11.7. The zero-order valence-electron chi connectivity index (χ0n) is 29.7. The Balaban J connectivity index is 0.000000322. The van der Waals surface area contributed by atoms with E-state index in [1.54, 1.807) is 0 Å². The van der Waals surface area contributed by atoms with Gasteiger partial charge in [-0.1, -0.05) is 110 Å². The first-order valence-corrected chi connectivity index (χ1v) is 17.9. The van der Waals surface area contributed by atoms with Crippen molar-refractivity contribution in [3.8, 4) is 11.3 Å². The summed E-state index contributed by atoms with van der Waals surface area (Å²) in [5.74, 6) is 0.990. The Labute approximate surface area is 300 Å². The van der Waals surface area contributed by atoms with Gasteiger partial charge in [-0.05, 0) is 60.5 Å². The van der Waals surface area contributed by atoms with Gasteiger partial charge in [0.25, 0.3) is 0 Å². The fourth-order valence-electron chi connectivity index (χ4n) is 6.33. The SMILES string of the molecule is CC(C)c1cc(-c2nccc3c2sc2c(CC(C)(C)C)cccc23)[c-]c2ccccc12.CCC(CC)C(=O)/C=C(\O)C(CC)CC.[Ir]. The summed E-state index contributed by atoms with van der Waals surface area (Å²) in [7, 11) is 0. The van der Waals surface area contributed by atoms with Gasteiger partial charge in [-0.25, -0.2) is 0 Å². The Hall–Kier alpha value is -2.85. The zero-order valence-corrected chi connectivity index (χ0v) is 32.9. The molecule has 2 aromatic heterocycles. The summed E-state index contributed by atoms with van der Waals surface area (Å²) >= 11 is 1.89. The van der Waals surface area contributed by atoms with Crippen molar-refractivity contribution in [2.75, 3.05) is 0 Å². The molecule has 5 rings (SSSR count). The quantitative estimate of drug-likeness (QED) is 0.0867. The maximum atomic E-state index is 11.7. The molecule has 0 saturated carbocycles. The van der Waals surface area contributed by atoms with E-state index in [2.05, 4.69) is 95.3 Å². The van der Waals surface area contributed by atoms with Gasteiger partial charge in [-0.3, -0.25) is 9.78 Å². The summed E-state index contributed by atoms with van der Waals surface area (Å²) in [6.45, 7) is 19.5. The summed E-state index contributed by atoms with van der Waals surface area (Å²) in [5, 5.41) is 14.9. The number of aromatic nitrogens is 1. The van der Waals surface area contributed by atoms with Crippen LogP contribution in [0.5, 0.6) is 0 Å². The minimum Gasteiger partial charge on any atom is -0.512 e. The Bertz CT molecular complexity index is 1820. The predicted octanol–water partition coefficient (Wildman–Crippen LogP) is 12.6. The normalized spacial score (nSPS) is 12.2. The molecule has 0 aliphatic rings. The molecule has 0 bridgehead atoms. The van der Waals surface area contributed by atoms with E-state index in [0.29, 0.717) is 5.92 Å². The Morgan fingerprint density at radius 3 is 2.11 bits per heavy atom. The molecule has 0 spiro atoms. The molecule has 3 nitrogen and oxygen atoms in total. The smallest absolute Gasteiger partial charge is 0.162 e. The molecule has 0 atom stereocenters. The van der Waals surface area contributed by atoms with Gasteiger partial charge in [0.15, 0.2) is 5.78 Å². The minimum atomic E-state index is 0. The fourth-order valence-corrected chi connectivity index (χ4v) is 7.64. The number of benzene rings is 3. The van der Waals surface area contributed by atoms with Gasteiger partial charge in [-0.2, -0.15) is 0 Å². The van der Waals surface area contributed by atoms with Crippen LogP contribution in [0.3, 0.4) is 0 Å². The van der Waals surface area contributed by atoms with Crippen LogP contribution in [-0.2, 0) is 31.3 Å². The van der Waals surface area contributed by atoms with Gasteiger partial charge in [0.2, 0.25) is 0 Å². The van der Waals surface area contributed by atoms with E-state index in [9.17, 15) is 9.90 Å². The van der Waals surface area contributed by atoms with Crippen LogP contribution < -0.4 is 0 Å². The van der Waals surface area contributed by atoms with Gasteiger partial charge in [0.05, 0.1) is 5.76 Å². The Morgan fingerprint density at radius 2 is 1.49 bits per heavy atom. The Morgan fingerprint density at radius 1 is 0.872 bits per heavy atom. The topological polar surface area (TPSA) is 50.2 Å². The number of ketones is 1. The van der Waals surface area contributed by atoms with E-state index in [0.717, 1.165) is 48.7 Å². The van der Waals surface area contributed by atoms with Crippen LogP contribution in [0.25, 0.3) is 42.2 Å². The molecular weight excluding hydrogens is 775 g/mol. The molecule has 2 heterocycles. The number of carbonyl (C=O) groups excluding carboxylic acids is 1. The van der Waals surface area contributed by atoms with Gasteiger partial charge in [0.1, 0.15) is 0 Å². The first kappa shape index (κ1) is 38.6. The average Bonchev–Trinajstić information content (AvgIpc) is 3.41. The van der Waals surface area contributed by atoms with Crippen molar-refractivity contribution >= 4 is 48.1 Å². The molecule has 47 heavy (non-hydrogen) atoms. The first-order chi connectivity index (χ1) is 21.9. The van der Waals surface area contributed by atoms with Crippen LogP contribution in [0.2, 0.25) is 0 Å². The molecule has 0 saturated heterocycles. The second kappa shape index (κ2) is 17.0. The van der Waals surface area contributed by atoms with Crippen molar-refractivity contribution in [3.05, 3.63) is 89.8 Å². The number of fused-ring (bicyclic) bond motifs is 4. The number of hydrogen-bond acceptors (Lipinski definition) is 4. The Kier molecular flexibility index (Phi) is 14.0. The van der Waals surface area contributed by atoms with Crippen molar-refractivity contribution in [1.82, 2.24) is 4.98 Å². The monoisotopic (exact) mass is 827 g/mol. The van der Waals surface area contributed by atoms with Crippen molar-refractivity contribution in [3.63, 3.8) is 0 Å². The number of aliphatic hydroxyl groups excluding tert-OH is 1. The summed E-state index contributed by atoms with van der Waals surface area (Å²) in [5.41, 5.74) is 5.19. The predicted molar refractivity (Wildman–Crippen MR) is 200 cm³/mol. The molecule has 1 N–H and O–H groups in total. The van der Waals surface area contributed by atoms with Crippen LogP contribution in [0.15, 0.2) is 72.6 Å². The number of thiophene rings is 1. The van der Waals surface area contributed by atoms with E-state index in [1.165, 1.54) is 42.8 Å². The molecule has 0 unspecified atom stereocenters. The van der Waals surface area contributed by atoms with Crippen molar-refractivity contribution < 1.29 is 30.0 Å². The number of rotatable bonds is 10. The average molecular weight is 827 g/mol. The van der Waals surface area contributed by atoms with Gasteiger partial charge in [0, 0.05) is 64.7 Å². The number of nitrogens with zero attached hydrogens (tertiary/aromatic N) is 1. The summed E-state index contributed by atoms with van der Waals surface area (Å²) in [6, 6.07) is 23.5. The van der Waals surface area contributed by atoms with Crippen molar-refractivity contribution in [1.29, 1.82) is 0 Å². The largest absolute Gasteiger partial charge is 0.512 e. The van der Waals surface area contributed by atoms with Crippen molar-refractivity contribution in [2.24, 2.45) is 17.3 Å². The third-order valence-corrected chi connectivity index (χ3v) is 10.3. The minimum absolute atomic E-state index is 0. The molecule has 3 aromatic carbocycles. The number of hydrogen-bond donors (Lipinski definition) is 1. The van der Waals surface area contributed by atoms with E-state index in [4.69, 9.17) is 4.98 Å². The second-order valence-corrected chi connectivity index (χ2v) is 15.0. The zero-order chi connectivity index (χ0) is 33.6. The summed E-state index contributed by atoms with van der Waals surface area (Å²) in [4.78, 5) is 16.6. The maximum Gasteiger partial charge on any atom is 0.162 e. The standard InChI is InChI=1S/C29H28NS.C13H24O2.Ir/c1-18(2)25-16-21(15-19-9-6-7-11-22(19)25)26-28-24(13-14-30-26)23-12-8-10-20(27(23)31-28)17-29(3,4)5;1-5-10(6-2)12(14)9-13(15)11(7-3)8-4;/h6-14,16,18H,17H2,1-5H3;9-11,14H,5-8H2,1-4H3;/q-1;;/b;12-9-;. The number of allylic oxidation sites excluding steroid dienone is 2.